The highest BCUT2D eigenvalue weighted by atomic mass is 32.2. The van der Waals surface area contributed by atoms with E-state index in [1.807, 2.05) is 79.7 Å². The molecule has 2 aromatic rings. The van der Waals surface area contributed by atoms with Crippen LogP contribution in [0, 0.1) is 0 Å². The molecule has 2 heterocycles. The van der Waals surface area contributed by atoms with E-state index in [2.05, 4.69) is 0 Å². The molecule has 31 heavy (non-hydrogen) atoms. The lowest BCUT2D eigenvalue weighted by atomic mass is 9.95. The molecule has 0 aliphatic carbocycles. The number of amidine groups is 1. The molecule has 0 unspecified atom stereocenters. The summed E-state index contributed by atoms with van der Waals surface area (Å²) < 4.78 is 18.9. The first kappa shape index (κ1) is 22.0. The third kappa shape index (κ3) is 5.18. The van der Waals surface area contributed by atoms with Gasteiger partial charge in [0.05, 0.1) is 13.2 Å². The van der Waals surface area contributed by atoms with Gasteiger partial charge in [-0.25, -0.2) is 0 Å². The van der Waals surface area contributed by atoms with E-state index < -0.39 is 18.3 Å². The number of fused-ring (bicyclic) bond motifs is 1. The molecule has 0 saturated carbocycles. The van der Waals surface area contributed by atoms with Gasteiger partial charge in [-0.3, -0.25) is 9.79 Å². The Hall–Kier alpha value is -2.19. The number of aliphatic imine (C=N–C) groups is 1. The maximum absolute atomic E-state index is 12.5. The predicted octanol–water partition coefficient (Wildman–Crippen LogP) is 3.50. The second-order valence-corrected chi connectivity index (χ2v) is 9.04. The lowest BCUT2D eigenvalue weighted by molar-refractivity contribution is -0.198. The van der Waals surface area contributed by atoms with Gasteiger partial charge in [0, 0.05) is 14.1 Å². The number of thioether (sulfide) groups is 1. The highest BCUT2D eigenvalue weighted by Crippen LogP contribution is 2.40. The summed E-state index contributed by atoms with van der Waals surface area (Å²) in [4.78, 5) is 19.4. The molecule has 0 N–H and O–H groups in total. The number of rotatable bonds is 7. The Morgan fingerprint density at radius 1 is 0.968 bits per heavy atom. The zero-order chi connectivity index (χ0) is 21.8. The van der Waals surface area contributed by atoms with E-state index >= 15 is 0 Å². The largest absolute Gasteiger partial charge is 0.368 e. The van der Waals surface area contributed by atoms with Crippen molar-refractivity contribution in [2.75, 3.05) is 14.1 Å². The normalized spacial score (nSPS) is 27.5. The van der Waals surface area contributed by atoms with Crippen molar-refractivity contribution in [3.63, 3.8) is 0 Å². The second-order valence-electron chi connectivity index (χ2n) is 7.97. The van der Waals surface area contributed by atoms with Gasteiger partial charge in [-0.2, -0.15) is 0 Å². The van der Waals surface area contributed by atoms with Gasteiger partial charge in [-0.05, 0) is 18.1 Å². The van der Waals surface area contributed by atoms with Crippen LogP contribution in [0.1, 0.15) is 18.1 Å². The lowest BCUT2D eigenvalue weighted by Crippen LogP contribution is -2.58. The van der Waals surface area contributed by atoms with Crippen molar-refractivity contribution >= 4 is 22.7 Å². The van der Waals surface area contributed by atoms with Crippen LogP contribution in [0.3, 0.4) is 0 Å². The fourth-order valence-corrected chi connectivity index (χ4v) is 4.91. The monoisotopic (exact) mass is 440 g/mol. The summed E-state index contributed by atoms with van der Waals surface area (Å²) in [5, 5.41) is 0.870. The average molecular weight is 441 g/mol. The molecule has 1 saturated heterocycles. The van der Waals surface area contributed by atoms with Crippen LogP contribution in [0.5, 0.6) is 0 Å². The Morgan fingerprint density at radius 2 is 1.52 bits per heavy atom. The van der Waals surface area contributed by atoms with E-state index in [0.29, 0.717) is 13.2 Å². The molecule has 4 rings (SSSR count). The first-order valence-corrected chi connectivity index (χ1v) is 11.3. The zero-order valence-corrected chi connectivity index (χ0v) is 18.8. The predicted molar refractivity (Wildman–Crippen MR) is 122 cm³/mol. The second kappa shape index (κ2) is 9.96. The number of nitrogens with zero attached hydrogens (tertiary/aromatic N) is 2. The minimum Gasteiger partial charge on any atom is -0.368 e. The molecule has 6 nitrogen and oxygen atoms in total. The number of Topliss-reactive ketones (excluding diaryl/α,β-unsaturated/α-hetero) is 1. The molecule has 0 radical (unpaired) electrons. The number of hydrogen-bond donors (Lipinski definition) is 0. The minimum atomic E-state index is -0.699. The van der Waals surface area contributed by atoms with Crippen LogP contribution in [-0.2, 0) is 32.2 Å². The number of carbonyl (C=O) groups is 1. The summed E-state index contributed by atoms with van der Waals surface area (Å²) in [7, 11) is 3.91. The van der Waals surface area contributed by atoms with Gasteiger partial charge in [0.25, 0.3) is 0 Å². The molecule has 5 atom stereocenters. The first-order valence-electron chi connectivity index (χ1n) is 10.4. The fraction of sp³-hybridized carbons (Fsp3) is 0.417. The van der Waals surface area contributed by atoms with E-state index in [1.54, 1.807) is 6.92 Å². The maximum atomic E-state index is 12.5. The number of ketones is 1. The SMILES string of the molecule is CC(=O)[C@H]1O[C@@H]2SC(N(C)C)=N[C@@H]2[C@@H](OCc2ccccc2)[C@@H]1OCc1ccccc1. The quantitative estimate of drug-likeness (QED) is 0.657. The van der Waals surface area contributed by atoms with E-state index in [4.69, 9.17) is 19.2 Å². The number of ether oxygens (including phenoxy) is 3. The molecule has 164 valence electrons. The number of carbonyl (C=O) groups excluding carboxylic acids is 1. The van der Waals surface area contributed by atoms with Gasteiger partial charge in [0.15, 0.2) is 11.0 Å². The number of benzene rings is 2. The summed E-state index contributed by atoms with van der Waals surface area (Å²) >= 11 is 1.53. The molecule has 2 aliphatic rings. The smallest absolute Gasteiger partial charge is 0.161 e. The minimum absolute atomic E-state index is 0.0660. The first-order chi connectivity index (χ1) is 15.0. The van der Waals surface area contributed by atoms with Crippen molar-refractivity contribution in [2.24, 2.45) is 4.99 Å². The third-order valence-corrected chi connectivity index (χ3v) is 6.66. The molecular weight excluding hydrogens is 412 g/mol. The summed E-state index contributed by atoms with van der Waals surface area (Å²) in [6, 6.07) is 19.7. The molecule has 2 aliphatic heterocycles. The zero-order valence-electron chi connectivity index (χ0n) is 18.0. The summed E-state index contributed by atoms with van der Waals surface area (Å²) in [6.45, 7) is 2.34. The molecule has 1 fully saturated rings. The Bertz CT molecular complexity index is 906. The summed E-state index contributed by atoms with van der Waals surface area (Å²) in [6.07, 6.45) is -1.65. The summed E-state index contributed by atoms with van der Waals surface area (Å²) in [5.41, 5.74) is 1.82. The molecule has 0 spiro atoms. The molecule has 7 heteroatoms. The van der Waals surface area contributed by atoms with Crippen molar-refractivity contribution < 1.29 is 19.0 Å². The maximum Gasteiger partial charge on any atom is 0.161 e. The third-order valence-electron chi connectivity index (χ3n) is 5.35. The van der Waals surface area contributed by atoms with Crippen molar-refractivity contribution in [3.05, 3.63) is 71.8 Å². The van der Waals surface area contributed by atoms with Gasteiger partial charge >= 0.3 is 0 Å². The molecular formula is C24H28N2O4S. The average Bonchev–Trinajstić information content (AvgIpc) is 3.22. The van der Waals surface area contributed by atoms with Crippen LogP contribution >= 0.6 is 11.8 Å². The Labute approximate surface area is 187 Å². The highest BCUT2D eigenvalue weighted by Gasteiger charge is 2.52. The van der Waals surface area contributed by atoms with E-state index in [0.717, 1.165) is 16.3 Å². The van der Waals surface area contributed by atoms with Crippen LogP contribution in [-0.4, -0.2) is 59.7 Å². The Kier molecular flexibility index (Phi) is 7.07. The standard InChI is InChI=1S/C24H28N2O4S/c1-16(27)20-22(29-15-18-12-8-5-9-13-18)21(28-14-17-10-6-4-7-11-17)19-23(30-20)31-24(25-19)26(2)3/h4-13,19-23H,14-15H2,1-3H3/t19-,20-,21-,22-,23-/m1/s1. The highest BCUT2D eigenvalue weighted by molar-refractivity contribution is 8.14. The van der Waals surface area contributed by atoms with Gasteiger partial charge in [0.2, 0.25) is 0 Å². The van der Waals surface area contributed by atoms with E-state index in [1.165, 1.54) is 11.8 Å². The van der Waals surface area contributed by atoms with E-state index in [-0.39, 0.29) is 17.3 Å². The Morgan fingerprint density at radius 3 is 2.03 bits per heavy atom. The topological polar surface area (TPSA) is 60.4 Å². The van der Waals surface area contributed by atoms with Crippen LogP contribution in [0.4, 0.5) is 0 Å². The van der Waals surface area contributed by atoms with Crippen LogP contribution in [0.15, 0.2) is 65.7 Å². The van der Waals surface area contributed by atoms with Crippen LogP contribution in [0.25, 0.3) is 0 Å². The molecule has 0 aromatic heterocycles. The lowest BCUT2D eigenvalue weighted by Gasteiger charge is -2.41. The van der Waals surface area contributed by atoms with Gasteiger partial charge in [0.1, 0.15) is 29.8 Å². The van der Waals surface area contributed by atoms with Crippen LogP contribution in [0.2, 0.25) is 0 Å². The van der Waals surface area contributed by atoms with Crippen molar-refractivity contribution in [2.45, 2.75) is 49.9 Å². The van der Waals surface area contributed by atoms with Crippen LogP contribution < -0.4 is 0 Å². The molecule has 0 bridgehead atoms. The summed E-state index contributed by atoms with van der Waals surface area (Å²) in [5.74, 6) is -0.0660. The molecule has 0 amide bonds. The van der Waals surface area contributed by atoms with E-state index in [9.17, 15) is 4.79 Å². The van der Waals surface area contributed by atoms with Gasteiger partial charge in [-0.1, -0.05) is 72.4 Å². The fourth-order valence-electron chi connectivity index (χ4n) is 3.77. The van der Waals surface area contributed by atoms with Gasteiger partial charge < -0.3 is 19.1 Å². The van der Waals surface area contributed by atoms with Crippen molar-refractivity contribution in [1.82, 2.24) is 4.90 Å². The Balaban J connectivity index is 1.60. The van der Waals surface area contributed by atoms with Crippen molar-refractivity contribution in [3.8, 4) is 0 Å². The number of hydrogen-bond acceptors (Lipinski definition) is 7. The van der Waals surface area contributed by atoms with Crippen molar-refractivity contribution in [1.29, 1.82) is 0 Å². The van der Waals surface area contributed by atoms with Gasteiger partial charge in [-0.15, -0.1) is 0 Å². The molecule has 2 aromatic carbocycles.